The van der Waals surface area contributed by atoms with E-state index in [1.165, 1.54) is 0 Å². The summed E-state index contributed by atoms with van der Waals surface area (Å²) >= 11 is 0. The average Bonchev–Trinajstić information content (AvgIpc) is 2.70. The van der Waals surface area contributed by atoms with Gasteiger partial charge in [-0.1, -0.05) is 39.0 Å². The number of hydrogen-bond acceptors (Lipinski definition) is 5. The van der Waals surface area contributed by atoms with Crippen molar-refractivity contribution in [2.45, 2.75) is 65.0 Å². The Hall–Kier alpha value is -3.42. The molecular formula is C25H33N3O5. The third kappa shape index (κ3) is 8.56. The molecule has 2 rings (SSSR count). The number of rotatable bonds is 7. The van der Waals surface area contributed by atoms with E-state index in [9.17, 15) is 19.5 Å². The average molecular weight is 456 g/mol. The molecule has 1 aromatic heterocycles. The zero-order chi connectivity index (χ0) is 24.8. The molecule has 2 amide bonds. The molecule has 1 unspecified atom stereocenters. The van der Waals surface area contributed by atoms with Crippen LogP contribution in [0.4, 0.5) is 4.79 Å². The molecule has 0 aliphatic rings. The highest BCUT2D eigenvalue weighted by atomic mass is 16.6. The second kappa shape index (κ2) is 10.5. The Kier molecular flexibility index (Phi) is 8.19. The molecule has 1 heterocycles. The highest BCUT2D eigenvalue weighted by molar-refractivity contribution is 5.83. The fraction of sp³-hybridized carbons (Fsp3) is 0.440. The number of aromatic nitrogens is 1. The summed E-state index contributed by atoms with van der Waals surface area (Å²) in [6, 6.07) is 8.79. The largest absolute Gasteiger partial charge is 0.481 e. The van der Waals surface area contributed by atoms with Crippen molar-refractivity contribution in [1.29, 1.82) is 0 Å². The van der Waals surface area contributed by atoms with Crippen molar-refractivity contribution in [1.82, 2.24) is 15.6 Å². The van der Waals surface area contributed by atoms with Crippen molar-refractivity contribution in [2.75, 3.05) is 6.54 Å². The number of nitrogens with one attached hydrogen (secondary N) is 2. The lowest BCUT2D eigenvalue weighted by Crippen LogP contribution is -2.41. The van der Waals surface area contributed by atoms with Gasteiger partial charge in [0.05, 0.1) is 12.5 Å². The van der Waals surface area contributed by atoms with E-state index in [1.807, 2.05) is 30.3 Å². The number of aliphatic carboxylic acids is 1. The van der Waals surface area contributed by atoms with Crippen molar-refractivity contribution in [3.05, 3.63) is 53.9 Å². The fourth-order valence-corrected chi connectivity index (χ4v) is 3.12. The summed E-state index contributed by atoms with van der Waals surface area (Å²) in [5, 5.41) is 14.6. The Balaban J connectivity index is 2.32. The highest BCUT2D eigenvalue weighted by Crippen LogP contribution is 2.32. The lowest BCUT2D eigenvalue weighted by molar-refractivity contribution is -0.137. The molecule has 178 valence electrons. The summed E-state index contributed by atoms with van der Waals surface area (Å²) in [5.74, 6) is -1.57. The molecule has 0 spiro atoms. The zero-order valence-corrected chi connectivity index (χ0v) is 20.1. The van der Waals surface area contributed by atoms with Crippen molar-refractivity contribution in [2.24, 2.45) is 0 Å². The van der Waals surface area contributed by atoms with Gasteiger partial charge in [-0.15, -0.1) is 0 Å². The molecule has 8 nitrogen and oxygen atoms in total. The van der Waals surface area contributed by atoms with Crippen LogP contribution in [-0.2, 0) is 19.7 Å². The SMILES string of the molecule is CC(C)(C)OC(=O)NCC(=O)NC(CC(=O)O)c1cc(-c2cccnc2)cc(C(C)(C)C)c1. The maximum atomic E-state index is 12.5. The quantitative estimate of drug-likeness (QED) is 0.576. The molecule has 1 atom stereocenters. The maximum absolute atomic E-state index is 12.5. The Morgan fingerprint density at radius 3 is 2.30 bits per heavy atom. The zero-order valence-electron chi connectivity index (χ0n) is 20.1. The molecular weight excluding hydrogens is 422 g/mol. The smallest absolute Gasteiger partial charge is 0.408 e. The lowest BCUT2D eigenvalue weighted by atomic mass is 9.83. The van der Waals surface area contributed by atoms with Crippen LogP contribution in [0.25, 0.3) is 11.1 Å². The van der Waals surface area contributed by atoms with Crippen LogP contribution in [0.5, 0.6) is 0 Å². The van der Waals surface area contributed by atoms with E-state index >= 15 is 0 Å². The van der Waals surface area contributed by atoms with Crippen LogP contribution < -0.4 is 10.6 Å². The number of amides is 2. The van der Waals surface area contributed by atoms with E-state index in [0.29, 0.717) is 5.56 Å². The molecule has 3 N–H and O–H groups in total. The van der Waals surface area contributed by atoms with E-state index in [-0.39, 0.29) is 18.4 Å². The number of carbonyl (C=O) groups excluding carboxylic acids is 2. The third-order valence-corrected chi connectivity index (χ3v) is 4.72. The Morgan fingerprint density at radius 2 is 1.76 bits per heavy atom. The number of carbonyl (C=O) groups is 3. The first-order valence-corrected chi connectivity index (χ1v) is 10.8. The molecule has 0 saturated heterocycles. The number of pyridine rings is 1. The molecule has 2 aromatic rings. The maximum Gasteiger partial charge on any atom is 0.408 e. The second-order valence-electron chi connectivity index (χ2n) is 9.91. The summed E-state index contributed by atoms with van der Waals surface area (Å²) in [5.41, 5.74) is 2.52. The van der Waals surface area contributed by atoms with Gasteiger partial charge in [-0.05, 0) is 55.0 Å². The van der Waals surface area contributed by atoms with Crippen LogP contribution in [0.2, 0.25) is 0 Å². The van der Waals surface area contributed by atoms with Crippen LogP contribution in [0.1, 0.15) is 65.1 Å². The van der Waals surface area contributed by atoms with E-state index in [2.05, 4.69) is 36.4 Å². The first kappa shape index (κ1) is 25.8. The van der Waals surface area contributed by atoms with Gasteiger partial charge in [0.25, 0.3) is 0 Å². The number of nitrogens with zero attached hydrogens (tertiary/aromatic N) is 1. The molecule has 8 heteroatoms. The molecule has 0 aliphatic carbocycles. The summed E-state index contributed by atoms with van der Waals surface area (Å²) in [6.07, 6.45) is 2.39. The van der Waals surface area contributed by atoms with Gasteiger partial charge in [-0.2, -0.15) is 0 Å². The Morgan fingerprint density at radius 1 is 1.06 bits per heavy atom. The second-order valence-corrected chi connectivity index (χ2v) is 9.91. The Bertz CT molecular complexity index is 991. The molecule has 33 heavy (non-hydrogen) atoms. The van der Waals surface area contributed by atoms with Gasteiger partial charge in [0.1, 0.15) is 12.1 Å². The van der Waals surface area contributed by atoms with Crippen LogP contribution in [-0.4, -0.2) is 40.2 Å². The molecule has 0 radical (unpaired) electrons. The number of hydrogen-bond donors (Lipinski definition) is 3. The van der Waals surface area contributed by atoms with Gasteiger partial charge in [-0.3, -0.25) is 14.6 Å². The van der Waals surface area contributed by atoms with Gasteiger partial charge in [-0.25, -0.2) is 4.79 Å². The number of carboxylic acids is 1. The van der Waals surface area contributed by atoms with Gasteiger partial charge < -0.3 is 20.5 Å². The summed E-state index contributed by atoms with van der Waals surface area (Å²) in [7, 11) is 0. The Labute approximate surface area is 194 Å². The number of carboxylic acid groups (broad SMARTS) is 1. The van der Waals surface area contributed by atoms with Gasteiger partial charge >= 0.3 is 12.1 Å². The topological polar surface area (TPSA) is 118 Å². The van der Waals surface area contributed by atoms with E-state index < -0.39 is 29.6 Å². The predicted molar refractivity (Wildman–Crippen MR) is 126 cm³/mol. The van der Waals surface area contributed by atoms with E-state index in [0.717, 1.165) is 16.7 Å². The fourth-order valence-electron chi connectivity index (χ4n) is 3.12. The molecule has 0 aliphatic heterocycles. The van der Waals surface area contributed by atoms with Crippen molar-refractivity contribution in [3.8, 4) is 11.1 Å². The predicted octanol–water partition coefficient (Wildman–Crippen LogP) is 4.20. The lowest BCUT2D eigenvalue weighted by Gasteiger charge is -2.25. The van der Waals surface area contributed by atoms with Crippen LogP contribution in [0.15, 0.2) is 42.7 Å². The van der Waals surface area contributed by atoms with Crippen molar-refractivity contribution < 1.29 is 24.2 Å². The van der Waals surface area contributed by atoms with Crippen LogP contribution in [0.3, 0.4) is 0 Å². The molecule has 0 bridgehead atoms. The minimum absolute atomic E-state index is 0.205. The number of alkyl carbamates (subject to hydrolysis) is 1. The summed E-state index contributed by atoms with van der Waals surface area (Å²) in [4.78, 5) is 40.1. The normalized spacial score (nSPS) is 12.5. The van der Waals surface area contributed by atoms with E-state index in [1.54, 1.807) is 33.2 Å². The minimum Gasteiger partial charge on any atom is -0.481 e. The first-order chi connectivity index (χ1) is 15.2. The standard InChI is InChI=1S/C25H33N3O5/c1-24(2,3)19-11-17(16-8-7-9-26-14-16)10-18(12-19)20(13-22(30)31)28-21(29)15-27-23(32)33-25(4,5)6/h7-12,14,20H,13,15H2,1-6H3,(H,27,32)(H,28,29)(H,30,31). The van der Waals surface area contributed by atoms with E-state index in [4.69, 9.17) is 4.74 Å². The van der Waals surface area contributed by atoms with Crippen molar-refractivity contribution >= 4 is 18.0 Å². The minimum atomic E-state index is -1.05. The third-order valence-electron chi connectivity index (χ3n) is 4.72. The molecule has 0 saturated carbocycles. The van der Waals surface area contributed by atoms with Crippen LogP contribution >= 0.6 is 0 Å². The molecule has 1 aromatic carbocycles. The summed E-state index contributed by atoms with van der Waals surface area (Å²) < 4.78 is 5.13. The van der Waals surface area contributed by atoms with Gasteiger partial charge in [0.15, 0.2) is 0 Å². The summed E-state index contributed by atoms with van der Waals surface area (Å²) in [6.45, 7) is 11.0. The van der Waals surface area contributed by atoms with Crippen LogP contribution in [0, 0.1) is 0 Å². The monoisotopic (exact) mass is 455 g/mol. The first-order valence-electron chi connectivity index (χ1n) is 10.8. The number of ether oxygens (including phenoxy) is 1. The number of benzene rings is 1. The molecule has 0 fully saturated rings. The van der Waals surface area contributed by atoms with Gasteiger partial charge in [0.2, 0.25) is 5.91 Å². The van der Waals surface area contributed by atoms with Gasteiger partial charge in [0, 0.05) is 18.0 Å². The van der Waals surface area contributed by atoms with Crippen molar-refractivity contribution in [3.63, 3.8) is 0 Å². The highest BCUT2D eigenvalue weighted by Gasteiger charge is 2.23.